The van der Waals surface area contributed by atoms with Crippen LogP contribution in [0.4, 0.5) is 5.69 Å². The quantitative estimate of drug-likeness (QED) is 0.753. The second-order valence-electron chi connectivity index (χ2n) is 5.08. The van der Waals surface area contributed by atoms with E-state index in [0.29, 0.717) is 4.99 Å². The van der Waals surface area contributed by atoms with Gasteiger partial charge < -0.3 is 11.1 Å². The van der Waals surface area contributed by atoms with Crippen LogP contribution in [0, 0.1) is 13.8 Å². The standard InChI is InChI=1S/C15H25N3S2/c1-6-15(7-2,20-5)9-17-12-8-10(3)18-11(4)13(12)14(16)19/h8H,6-7,9H2,1-5H3,(H2,16,19)(H,17,18). The minimum absolute atomic E-state index is 0.249. The van der Waals surface area contributed by atoms with Crippen molar-refractivity contribution in [2.75, 3.05) is 18.1 Å². The van der Waals surface area contributed by atoms with Gasteiger partial charge in [0.1, 0.15) is 4.99 Å². The maximum atomic E-state index is 5.85. The third-order valence-corrected chi connectivity index (χ3v) is 5.69. The Labute approximate surface area is 132 Å². The Morgan fingerprint density at radius 1 is 1.40 bits per heavy atom. The fourth-order valence-corrected chi connectivity index (χ4v) is 3.45. The van der Waals surface area contributed by atoms with Crippen LogP contribution in [-0.2, 0) is 0 Å². The highest BCUT2D eigenvalue weighted by molar-refractivity contribution is 8.00. The van der Waals surface area contributed by atoms with E-state index in [4.69, 9.17) is 18.0 Å². The summed E-state index contributed by atoms with van der Waals surface area (Å²) in [6.45, 7) is 9.31. The molecule has 0 saturated heterocycles. The summed E-state index contributed by atoms with van der Waals surface area (Å²) in [6.07, 6.45) is 4.43. The normalized spacial score (nSPS) is 11.4. The lowest BCUT2D eigenvalue weighted by atomic mass is 10.0. The van der Waals surface area contributed by atoms with Gasteiger partial charge in [-0.25, -0.2) is 0 Å². The van der Waals surface area contributed by atoms with Gasteiger partial charge >= 0.3 is 0 Å². The van der Waals surface area contributed by atoms with Crippen LogP contribution in [0.1, 0.15) is 43.6 Å². The van der Waals surface area contributed by atoms with Crippen molar-refractivity contribution in [3.05, 3.63) is 23.0 Å². The number of aromatic nitrogens is 1. The average Bonchev–Trinajstić information content (AvgIpc) is 2.39. The fraction of sp³-hybridized carbons (Fsp3) is 0.600. The minimum Gasteiger partial charge on any atom is -0.389 e. The molecule has 3 nitrogen and oxygen atoms in total. The molecule has 0 aliphatic carbocycles. The lowest BCUT2D eigenvalue weighted by Crippen LogP contribution is -2.32. The second kappa shape index (κ2) is 7.27. The van der Waals surface area contributed by atoms with E-state index in [2.05, 4.69) is 30.4 Å². The van der Waals surface area contributed by atoms with Gasteiger partial charge in [0.25, 0.3) is 0 Å². The molecule has 0 unspecified atom stereocenters. The summed E-state index contributed by atoms with van der Waals surface area (Å²) in [4.78, 5) is 4.85. The molecule has 1 rings (SSSR count). The average molecular weight is 312 g/mol. The molecular weight excluding hydrogens is 286 g/mol. The third-order valence-electron chi connectivity index (χ3n) is 3.90. The molecule has 0 radical (unpaired) electrons. The number of nitrogens with two attached hydrogens (primary N) is 1. The Hall–Kier alpha value is -0.810. The van der Waals surface area contributed by atoms with E-state index in [1.807, 2.05) is 31.7 Å². The molecule has 0 aromatic carbocycles. The van der Waals surface area contributed by atoms with E-state index < -0.39 is 0 Å². The Bertz CT molecular complexity index is 474. The van der Waals surface area contributed by atoms with Crippen molar-refractivity contribution in [2.45, 2.75) is 45.3 Å². The topological polar surface area (TPSA) is 50.9 Å². The summed E-state index contributed by atoms with van der Waals surface area (Å²) in [5, 5.41) is 3.54. The second-order valence-corrected chi connectivity index (χ2v) is 6.80. The van der Waals surface area contributed by atoms with E-state index in [1.165, 1.54) is 0 Å². The van der Waals surface area contributed by atoms with E-state index in [0.717, 1.165) is 42.0 Å². The number of thiocarbonyl (C=S) groups is 1. The lowest BCUT2D eigenvalue weighted by molar-refractivity contribution is 0.574. The molecule has 0 fully saturated rings. The lowest BCUT2D eigenvalue weighted by Gasteiger charge is -2.31. The monoisotopic (exact) mass is 311 g/mol. The number of hydrogen-bond donors (Lipinski definition) is 2. The molecule has 0 amide bonds. The van der Waals surface area contributed by atoms with Gasteiger partial charge in [0.15, 0.2) is 0 Å². The first kappa shape index (κ1) is 17.2. The number of nitrogens with one attached hydrogen (secondary N) is 1. The summed E-state index contributed by atoms with van der Waals surface area (Å²) in [7, 11) is 0. The molecule has 0 aliphatic heterocycles. The van der Waals surface area contributed by atoms with Crippen molar-refractivity contribution in [1.29, 1.82) is 0 Å². The first-order valence-corrected chi connectivity index (χ1v) is 8.59. The molecule has 0 saturated carbocycles. The van der Waals surface area contributed by atoms with Crippen molar-refractivity contribution in [3.8, 4) is 0 Å². The van der Waals surface area contributed by atoms with Gasteiger partial charge in [0, 0.05) is 28.4 Å². The van der Waals surface area contributed by atoms with E-state index in [-0.39, 0.29) is 4.75 Å². The molecular formula is C15H25N3S2. The summed E-state index contributed by atoms with van der Waals surface area (Å²) in [6, 6.07) is 2.03. The van der Waals surface area contributed by atoms with Gasteiger partial charge in [0.05, 0.1) is 5.56 Å². The van der Waals surface area contributed by atoms with E-state index in [9.17, 15) is 0 Å². The van der Waals surface area contributed by atoms with Gasteiger partial charge in [0.2, 0.25) is 0 Å². The number of pyridine rings is 1. The highest BCUT2D eigenvalue weighted by Crippen LogP contribution is 2.31. The van der Waals surface area contributed by atoms with Gasteiger partial charge in [-0.3, -0.25) is 4.98 Å². The summed E-state index contributed by atoms with van der Waals surface area (Å²) in [5.41, 5.74) is 9.59. The van der Waals surface area contributed by atoms with Crippen LogP contribution in [0.25, 0.3) is 0 Å². The number of anilines is 1. The number of nitrogens with zero attached hydrogens (tertiary/aromatic N) is 1. The molecule has 0 bridgehead atoms. The highest BCUT2D eigenvalue weighted by atomic mass is 32.2. The minimum atomic E-state index is 0.249. The maximum Gasteiger partial charge on any atom is 0.107 e. The van der Waals surface area contributed by atoms with E-state index in [1.54, 1.807) is 0 Å². The maximum absolute atomic E-state index is 5.85. The smallest absolute Gasteiger partial charge is 0.107 e. The molecule has 112 valence electrons. The van der Waals surface area contributed by atoms with Crippen molar-refractivity contribution < 1.29 is 0 Å². The Morgan fingerprint density at radius 2 is 2.00 bits per heavy atom. The van der Waals surface area contributed by atoms with Gasteiger partial charge in [-0.15, -0.1) is 0 Å². The van der Waals surface area contributed by atoms with Crippen molar-refractivity contribution in [2.24, 2.45) is 5.73 Å². The highest BCUT2D eigenvalue weighted by Gasteiger charge is 2.25. The molecule has 3 N–H and O–H groups in total. The summed E-state index contributed by atoms with van der Waals surface area (Å²) in [5.74, 6) is 0. The van der Waals surface area contributed by atoms with Crippen LogP contribution in [0.2, 0.25) is 0 Å². The first-order valence-electron chi connectivity index (χ1n) is 6.96. The van der Waals surface area contributed by atoms with Crippen molar-refractivity contribution in [3.63, 3.8) is 0 Å². The fourth-order valence-electron chi connectivity index (χ4n) is 2.40. The number of hydrogen-bond acceptors (Lipinski definition) is 4. The Morgan fingerprint density at radius 3 is 2.45 bits per heavy atom. The van der Waals surface area contributed by atoms with Crippen LogP contribution >= 0.6 is 24.0 Å². The molecule has 1 heterocycles. The summed E-state index contributed by atoms with van der Waals surface area (Å²) >= 11 is 7.08. The zero-order valence-electron chi connectivity index (χ0n) is 13.0. The molecule has 0 aliphatic rings. The predicted molar refractivity (Wildman–Crippen MR) is 94.9 cm³/mol. The molecule has 1 aromatic heterocycles. The largest absolute Gasteiger partial charge is 0.389 e. The van der Waals surface area contributed by atoms with Crippen molar-refractivity contribution >= 4 is 34.7 Å². The van der Waals surface area contributed by atoms with E-state index >= 15 is 0 Å². The molecule has 5 heteroatoms. The number of thioether (sulfide) groups is 1. The molecule has 1 aromatic rings. The Balaban J connectivity index is 3.06. The predicted octanol–water partition coefficient (Wildman–Crippen LogP) is 3.67. The zero-order valence-corrected chi connectivity index (χ0v) is 14.7. The third kappa shape index (κ3) is 3.85. The SMILES string of the molecule is CCC(CC)(CNc1cc(C)nc(C)c1C(N)=S)SC. The Kier molecular flexibility index (Phi) is 6.27. The molecule has 0 spiro atoms. The van der Waals surface area contributed by atoms with Crippen LogP contribution in [0.5, 0.6) is 0 Å². The van der Waals surface area contributed by atoms with Crippen LogP contribution < -0.4 is 11.1 Å². The van der Waals surface area contributed by atoms with Gasteiger partial charge in [-0.05, 0) is 39.0 Å². The van der Waals surface area contributed by atoms with Crippen LogP contribution in [-0.4, -0.2) is 27.5 Å². The first-order chi connectivity index (χ1) is 9.39. The van der Waals surface area contributed by atoms with Crippen molar-refractivity contribution in [1.82, 2.24) is 4.98 Å². The van der Waals surface area contributed by atoms with Crippen LogP contribution in [0.15, 0.2) is 6.07 Å². The van der Waals surface area contributed by atoms with Crippen LogP contribution in [0.3, 0.4) is 0 Å². The zero-order chi connectivity index (χ0) is 15.3. The van der Waals surface area contributed by atoms with Gasteiger partial charge in [-0.2, -0.15) is 11.8 Å². The number of rotatable bonds is 7. The van der Waals surface area contributed by atoms with Gasteiger partial charge in [-0.1, -0.05) is 26.1 Å². The number of aryl methyl sites for hydroxylation is 2. The molecule has 20 heavy (non-hydrogen) atoms. The summed E-state index contributed by atoms with van der Waals surface area (Å²) < 4.78 is 0.249. The molecule has 0 atom stereocenters.